The summed E-state index contributed by atoms with van der Waals surface area (Å²) in [6.45, 7) is 5.02. The molecule has 0 amide bonds. The Kier molecular flexibility index (Phi) is 5.51. The number of epoxide rings is 1. The Hall–Kier alpha value is -2.94. The third-order valence-electron chi connectivity index (χ3n) is 7.00. The van der Waals surface area contributed by atoms with Crippen LogP contribution in [0.5, 0.6) is 0 Å². The van der Waals surface area contributed by atoms with Gasteiger partial charge in [0, 0.05) is 60.2 Å². The number of pyridine rings is 1. The zero-order valence-corrected chi connectivity index (χ0v) is 19.4. The van der Waals surface area contributed by atoms with Crippen molar-refractivity contribution in [2.24, 2.45) is 4.99 Å². The fourth-order valence-corrected chi connectivity index (χ4v) is 5.15. The zero-order chi connectivity index (χ0) is 23.1. The van der Waals surface area contributed by atoms with E-state index >= 15 is 0 Å². The van der Waals surface area contributed by atoms with E-state index in [0.29, 0.717) is 31.7 Å². The number of rotatable bonds is 6. The molecule has 34 heavy (non-hydrogen) atoms. The minimum Gasteiger partial charge on any atom is -0.349 e. The number of piperidine rings is 1. The van der Waals surface area contributed by atoms with Crippen molar-refractivity contribution in [2.45, 2.75) is 44.4 Å². The van der Waals surface area contributed by atoms with Crippen LogP contribution in [-0.2, 0) is 10.5 Å². The number of likely N-dealkylation sites (tertiary alicyclic amines) is 1. The van der Waals surface area contributed by atoms with Gasteiger partial charge in [0.1, 0.15) is 11.5 Å². The second kappa shape index (κ2) is 8.69. The van der Waals surface area contributed by atoms with Crippen molar-refractivity contribution in [2.75, 3.05) is 26.2 Å². The van der Waals surface area contributed by atoms with Gasteiger partial charge in [0.15, 0.2) is 5.72 Å². The van der Waals surface area contributed by atoms with E-state index in [1.54, 1.807) is 0 Å². The molecular weight excluding hydrogens is 431 g/mol. The van der Waals surface area contributed by atoms with Crippen molar-refractivity contribution in [3.63, 3.8) is 0 Å². The summed E-state index contributed by atoms with van der Waals surface area (Å²) < 4.78 is 20.2. The Morgan fingerprint density at radius 2 is 2.21 bits per heavy atom. The van der Waals surface area contributed by atoms with Gasteiger partial charge in [0.2, 0.25) is 0 Å². The summed E-state index contributed by atoms with van der Waals surface area (Å²) >= 11 is 0. The van der Waals surface area contributed by atoms with Crippen molar-refractivity contribution in [1.82, 2.24) is 25.4 Å². The van der Waals surface area contributed by atoms with Gasteiger partial charge in [-0.05, 0) is 57.0 Å². The van der Waals surface area contributed by atoms with E-state index in [9.17, 15) is 4.39 Å². The van der Waals surface area contributed by atoms with E-state index in [1.807, 2.05) is 25.4 Å². The molecule has 0 bridgehead atoms. The molecule has 0 radical (unpaired) electrons. The van der Waals surface area contributed by atoms with Crippen LogP contribution in [-0.4, -0.2) is 58.6 Å². The van der Waals surface area contributed by atoms with E-state index < -0.39 is 5.72 Å². The largest absolute Gasteiger partial charge is 0.349 e. The summed E-state index contributed by atoms with van der Waals surface area (Å²) in [4.78, 5) is 10.9. The Morgan fingerprint density at radius 1 is 1.29 bits per heavy atom. The van der Waals surface area contributed by atoms with Crippen LogP contribution in [0.25, 0.3) is 22.2 Å². The minimum atomic E-state index is -0.474. The summed E-state index contributed by atoms with van der Waals surface area (Å²) in [5.41, 5.74) is 5.15. The summed E-state index contributed by atoms with van der Waals surface area (Å²) in [5, 5.41) is 12.6. The van der Waals surface area contributed by atoms with Gasteiger partial charge in [-0.3, -0.25) is 25.3 Å². The fourth-order valence-electron chi connectivity index (χ4n) is 5.15. The first-order chi connectivity index (χ1) is 16.6. The van der Waals surface area contributed by atoms with Crippen LogP contribution in [0.3, 0.4) is 0 Å². The number of ether oxygens (including phenoxy) is 1. The van der Waals surface area contributed by atoms with Crippen LogP contribution >= 0.6 is 0 Å². The average Bonchev–Trinajstić information content (AvgIpc) is 3.49. The summed E-state index contributed by atoms with van der Waals surface area (Å²) in [6, 6.07) is 10.7. The maximum absolute atomic E-state index is 14.2. The number of aromatic nitrogens is 3. The zero-order valence-electron chi connectivity index (χ0n) is 19.4. The first kappa shape index (κ1) is 21.6. The smallest absolute Gasteiger partial charge is 0.169 e. The van der Waals surface area contributed by atoms with Crippen molar-refractivity contribution in [3.8, 4) is 11.3 Å². The molecule has 7 nitrogen and oxygen atoms in total. The SMILES string of the molecule is Cc1cc(-c2n[nH]c3ccc(C4(NC5CCCN(CC6=C(F)CCC=N6)C5)CO4)cc23)ccn1. The number of H-pyrrole nitrogens is 1. The number of aryl methyl sites for hydroxylation is 1. The van der Waals surface area contributed by atoms with E-state index in [4.69, 9.17) is 4.74 Å². The molecule has 176 valence electrons. The fraction of sp³-hybridized carbons (Fsp3) is 0.423. The Balaban J connectivity index is 1.21. The average molecular weight is 461 g/mol. The monoisotopic (exact) mass is 460 g/mol. The van der Waals surface area contributed by atoms with Gasteiger partial charge in [-0.15, -0.1) is 0 Å². The van der Waals surface area contributed by atoms with E-state index in [0.717, 1.165) is 59.3 Å². The molecule has 2 fully saturated rings. The molecule has 0 saturated carbocycles. The maximum atomic E-state index is 14.2. The number of aliphatic imine (C=N–C) groups is 1. The van der Waals surface area contributed by atoms with Gasteiger partial charge >= 0.3 is 0 Å². The molecule has 2 N–H and O–H groups in total. The van der Waals surface area contributed by atoms with Crippen LogP contribution in [0.1, 0.15) is 36.9 Å². The van der Waals surface area contributed by atoms with E-state index in [-0.39, 0.29) is 11.9 Å². The number of fused-ring (bicyclic) bond motifs is 1. The van der Waals surface area contributed by atoms with Gasteiger partial charge in [0.25, 0.3) is 0 Å². The Bertz CT molecular complexity index is 1280. The molecule has 0 spiro atoms. The standard InChI is InChI=1S/C26H29FN6O/c1-17-12-18(8-10-28-17)25-21-13-19(6-7-23(21)31-32-25)26(16-34-26)30-20-4-3-11-33(14-20)15-24-22(27)5-2-9-29-24/h6-10,12-13,20,30H,2-5,11,14-16H2,1H3,(H,31,32). The van der Waals surface area contributed by atoms with Crippen molar-refractivity contribution in [1.29, 1.82) is 0 Å². The lowest BCUT2D eigenvalue weighted by Gasteiger charge is -2.35. The molecule has 3 aliphatic rings. The third kappa shape index (κ3) is 4.17. The predicted molar refractivity (Wildman–Crippen MR) is 130 cm³/mol. The molecule has 5 heterocycles. The molecular formula is C26H29FN6O. The van der Waals surface area contributed by atoms with Gasteiger partial charge in [0.05, 0.1) is 17.8 Å². The second-order valence-corrected chi connectivity index (χ2v) is 9.55. The first-order valence-corrected chi connectivity index (χ1v) is 12.1. The normalized spacial score (nSPS) is 25.3. The van der Waals surface area contributed by atoms with Crippen LogP contribution in [0.15, 0.2) is 53.0 Å². The highest BCUT2D eigenvalue weighted by molar-refractivity contribution is 5.93. The van der Waals surface area contributed by atoms with Crippen LogP contribution in [0, 0.1) is 6.92 Å². The molecule has 3 aliphatic heterocycles. The minimum absolute atomic E-state index is 0.0619. The lowest BCUT2D eigenvalue weighted by Crippen LogP contribution is -2.50. The number of halogens is 1. The molecule has 0 aliphatic carbocycles. The highest BCUT2D eigenvalue weighted by Gasteiger charge is 2.48. The van der Waals surface area contributed by atoms with Crippen LogP contribution in [0.2, 0.25) is 0 Å². The molecule has 2 unspecified atom stereocenters. The number of nitrogens with one attached hydrogen (secondary N) is 2. The number of allylic oxidation sites excluding steroid dienone is 1. The lowest BCUT2D eigenvalue weighted by atomic mass is 9.99. The summed E-state index contributed by atoms with van der Waals surface area (Å²) in [7, 11) is 0. The molecule has 3 aromatic rings. The second-order valence-electron chi connectivity index (χ2n) is 9.55. The maximum Gasteiger partial charge on any atom is 0.169 e. The third-order valence-corrected chi connectivity index (χ3v) is 7.00. The van der Waals surface area contributed by atoms with Gasteiger partial charge in [-0.25, -0.2) is 4.39 Å². The molecule has 1 aromatic carbocycles. The molecule has 2 aromatic heterocycles. The van der Waals surface area contributed by atoms with E-state index in [1.165, 1.54) is 0 Å². The van der Waals surface area contributed by atoms with Crippen molar-refractivity contribution < 1.29 is 9.13 Å². The topological polar surface area (TPSA) is 81.7 Å². The van der Waals surface area contributed by atoms with Crippen LogP contribution in [0.4, 0.5) is 4.39 Å². The molecule has 8 heteroatoms. The number of benzene rings is 1. The summed E-state index contributed by atoms with van der Waals surface area (Å²) in [6.07, 6.45) is 6.96. The van der Waals surface area contributed by atoms with E-state index in [2.05, 4.69) is 54.7 Å². The number of hydrogen-bond acceptors (Lipinski definition) is 6. The first-order valence-electron chi connectivity index (χ1n) is 12.1. The van der Waals surface area contributed by atoms with Gasteiger partial charge in [-0.1, -0.05) is 6.07 Å². The van der Waals surface area contributed by atoms with Crippen molar-refractivity contribution in [3.05, 3.63) is 59.3 Å². The quantitative estimate of drug-likeness (QED) is 0.539. The Morgan fingerprint density at radius 3 is 3.03 bits per heavy atom. The molecule has 2 atom stereocenters. The highest BCUT2D eigenvalue weighted by atomic mass is 19.1. The van der Waals surface area contributed by atoms with Crippen LogP contribution < -0.4 is 5.32 Å². The number of nitrogens with zero attached hydrogens (tertiary/aromatic N) is 4. The number of hydrogen-bond donors (Lipinski definition) is 2. The summed E-state index contributed by atoms with van der Waals surface area (Å²) in [5.74, 6) is -0.0619. The molecule has 2 saturated heterocycles. The molecule has 6 rings (SSSR count). The van der Waals surface area contributed by atoms with Gasteiger partial charge < -0.3 is 4.74 Å². The van der Waals surface area contributed by atoms with Crippen molar-refractivity contribution >= 4 is 17.1 Å². The highest BCUT2D eigenvalue weighted by Crippen LogP contribution is 2.39. The predicted octanol–water partition coefficient (Wildman–Crippen LogP) is 4.22. The number of aromatic amines is 1. The van der Waals surface area contributed by atoms with Gasteiger partial charge in [-0.2, -0.15) is 5.10 Å². The lowest BCUT2D eigenvalue weighted by molar-refractivity contribution is 0.157. The Labute approximate surface area is 198 Å².